The van der Waals surface area contributed by atoms with Crippen LogP contribution >= 0.6 is 24.0 Å². The highest BCUT2D eigenvalue weighted by atomic mass is 127. The quantitative estimate of drug-likeness (QED) is 0.243. The summed E-state index contributed by atoms with van der Waals surface area (Å²) in [6, 6.07) is 10.5. The molecule has 8 heteroatoms. The van der Waals surface area contributed by atoms with E-state index in [0.29, 0.717) is 12.5 Å². The van der Waals surface area contributed by atoms with Crippen molar-refractivity contribution in [2.45, 2.75) is 13.1 Å². The van der Waals surface area contributed by atoms with Crippen LogP contribution in [0.2, 0.25) is 0 Å². The number of guanidine groups is 1. The van der Waals surface area contributed by atoms with Crippen molar-refractivity contribution in [3.05, 3.63) is 64.5 Å². The summed E-state index contributed by atoms with van der Waals surface area (Å²) in [5.74, 6) is 0.665. The van der Waals surface area contributed by atoms with Crippen LogP contribution in [0.4, 0.5) is 5.69 Å². The van der Waals surface area contributed by atoms with Crippen molar-refractivity contribution in [2.24, 2.45) is 4.99 Å². The van der Waals surface area contributed by atoms with Crippen LogP contribution in [0.5, 0.6) is 0 Å². The third kappa shape index (κ3) is 6.27. The zero-order valence-corrected chi connectivity index (χ0v) is 15.1. The summed E-state index contributed by atoms with van der Waals surface area (Å²) in [5, 5.41) is 17.1. The molecule has 7 nitrogen and oxygen atoms in total. The lowest BCUT2D eigenvalue weighted by molar-refractivity contribution is -0.384. The Morgan fingerprint density at radius 2 is 2.00 bits per heavy atom. The van der Waals surface area contributed by atoms with Crippen LogP contribution in [0.15, 0.2) is 53.8 Å². The van der Waals surface area contributed by atoms with Gasteiger partial charge in [0.2, 0.25) is 0 Å². The van der Waals surface area contributed by atoms with Gasteiger partial charge in [0.05, 0.1) is 4.92 Å². The Hall–Kier alpha value is -2.10. The Morgan fingerprint density at radius 1 is 1.26 bits per heavy atom. The Kier molecular flexibility index (Phi) is 8.09. The van der Waals surface area contributed by atoms with E-state index in [9.17, 15) is 10.1 Å². The highest BCUT2D eigenvalue weighted by Crippen LogP contribution is 2.12. The number of nitro benzene ring substituents is 1. The largest absolute Gasteiger partial charge is 0.355 e. The lowest BCUT2D eigenvalue weighted by Crippen LogP contribution is -2.38. The van der Waals surface area contributed by atoms with Crippen LogP contribution in [0.3, 0.4) is 0 Å². The normalized spacial score (nSPS) is 10.7. The lowest BCUT2D eigenvalue weighted by Gasteiger charge is -2.12. The molecule has 0 radical (unpaired) electrons. The summed E-state index contributed by atoms with van der Waals surface area (Å²) < 4.78 is 2.07. The van der Waals surface area contributed by atoms with Crippen molar-refractivity contribution in [2.75, 3.05) is 13.6 Å². The number of nitrogens with one attached hydrogen (secondary N) is 2. The molecule has 0 amide bonds. The van der Waals surface area contributed by atoms with Gasteiger partial charge in [-0.25, -0.2) is 0 Å². The number of nitrogens with zero attached hydrogens (tertiary/aromatic N) is 3. The molecular weight excluding hydrogens is 409 g/mol. The topological polar surface area (TPSA) is 84.5 Å². The Bertz CT molecular complexity index is 643. The minimum absolute atomic E-state index is 0. The maximum Gasteiger partial charge on any atom is 0.269 e. The van der Waals surface area contributed by atoms with Gasteiger partial charge in [-0.3, -0.25) is 15.1 Å². The van der Waals surface area contributed by atoms with Crippen molar-refractivity contribution >= 4 is 35.6 Å². The van der Waals surface area contributed by atoms with Gasteiger partial charge in [0.25, 0.3) is 5.69 Å². The van der Waals surface area contributed by atoms with Crippen LogP contribution in [0.25, 0.3) is 0 Å². The number of non-ortho nitro benzene ring substituents is 1. The van der Waals surface area contributed by atoms with Gasteiger partial charge in [-0.1, -0.05) is 12.1 Å². The fourth-order valence-corrected chi connectivity index (χ4v) is 2.01. The third-order valence-corrected chi connectivity index (χ3v) is 3.13. The van der Waals surface area contributed by atoms with E-state index in [2.05, 4.69) is 20.2 Å². The van der Waals surface area contributed by atoms with E-state index in [1.807, 2.05) is 30.6 Å². The van der Waals surface area contributed by atoms with Crippen LogP contribution in [-0.2, 0) is 13.1 Å². The molecule has 2 aromatic rings. The molecule has 2 rings (SSSR count). The van der Waals surface area contributed by atoms with E-state index in [-0.39, 0.29) is 29.7 Å². The first kappa shape index (κ1) is 18.9. The molecule has 1 heterocycles. The van der Waals surface area contributed by atoms with Crippen LogP contribution < -0.4 is 10.6 Å². The van der Waals surface area contributed by atoms with Crippen LogP contribution in [0.1, 0.15) is 5.56 Å². The third-order valence-electron chi connectivity index (χ3n) is 3.13. The van der Waals surface area contributed by atoms with Crippen molar-refractivity contribution < 1.29 is 4.92 Å². The summed E-state index contributed by atoms with van der Waals surface area (Å²) in [6.07, 6.45) is 4.00. The predicted molar refractivity (Wildman–Crippen MR) is 101 cm³/mol. The molecule has 1 aromatic heterocycles. The maximum absolute atomic E-state index is 10.7. The summed E-state index contributed by atoms with van der Waals surface area (Å²) in [4.78, 5) is 14.5. The number of benzene rings is 1. The summed E-state index contributed by atoms with van der Waals surface area (Å²) in [6.45, 7) is 2.05. The van der Waals surface area contributed by atoms with Gasteiger partial charge in [-0.15, -0.1) is 24.0 Å². The van der Waals surface area contributed by atoms with Crippen LogP contribution in [0, 0.1) is 10.1 Å². The fourth-order valence-electron chi connectivity index (χ4n) is 2.01. The zero-order valence-electron chi connectivity index (χ0n) is 12.8. The molecule has 124 valence electrons. The summed E-state index contributed by atoms with van der Waals surface area (Å²) in [5.41, 5.74) is 0.928. The van der Waals surface area contributed by atoms with E-state index in [1.165, 1.54) is 6.07 Å². The van der Waals surface area contributed by atoms with Crippen molar-refractivity contribution in [1.82, 2.24) is 15.2 Å². The number of aromatic nitrogens is 1. The smallest absolute Gasteiger partial charge is 0.269 e. The molecule has 0 saturated heterocycles. The SMILES string of the molecule is CN=C(NCCn1cccc1)NCc1cccc([N+](=O)[O-])c1.I. The van der Waals surface area contributed by atoms with E-state index >= 15 is 0 Å². The standard InChI is InChI=1S/C15H19N5O2.HI/c1-16-15(17-7-10-19-8-2-3-9-19)18-12-13-5-4-6-14(11-13)20(21)22;/h2-6,8-9,11H,7,10,12H2,1H3,(H2,16,17,18);1H. The molecule has 2 N–H and O–H groups in total. The van der Waals surface area contributed by atoms with Crippen molar-refractivity contribution in [3.8, 4) is 0 Å². The van der Waals surface area contributed by atoms with Gasteiger partial charge in [0.1, 0.15) is 0 Å². The Labute approximate surface area is 152 Å². The van der Waals surface area contributed by atoms with Gasteiger partial charge in [0.15, 0.2) is 5.96 Å². The molecule has 0 aliphatic heterocycles. The second kappa shape index (κ2) is 9.82. The maximum atomic E-state index is 10.7. The minimum Gasteiger partial charge on any atom is -0.355 e. The molecule has 0 saturated carbocycles. The Balaban J connectivity index is 0.00000264. The molecule has 0 spiro atoms. The first-order valence-corrected chi connectivity index (χ1v) is 6.97. The van der Waals surface area contributed by atoms with Crippen LogP contribution in [-0.4, -0.2) is 29.0 Å². The highest BCUT2D eigenvalue weighted by Gasteiger charge is 2.06. The summed E-state index contributed by atoms with van der Waals surface area (Å²) >= 11 is 0. The number of nitro groups is 1. The Morgan fingerprint density at radius 3 is 2.65 bits per heavy atom. The van der Waals surface area contributed by atoms with Gasteiger partial charge in [0, 0.05) is 51.2 Å². The van der Waals surface area contributed by atoms with Gasteiger partial charge < -0.3 is 15.2 Å². The van der Waals surface area contributed by atoms with Gasteiger partial charge in [-0.05, 0) is 17.7 Å². The lowest BCUT2D eigenvalue weighted by atomic mass is 10.2. The minimum atomic E-state index is -0.395. The molecular formula is C15H20IN5O2. The molecule has 0 unspecified atom stereocenters. The summed E-state index contributed by atoms with van der Waals surface area (Å²) in [7, 11) is 1.69. The monoisotopic (exact) mass is 429 g/mol. The highest BCUT2D eigenvalue weighted by molar-refractivity contribution is 14.0. The van der Waals surface area contributed by atoms with E-state index in [4.69, 9.17) is 0 Å². The molecule has 0 atom stereocenters. The number of rotatable bonds is 6. The fraction of sp³-hybridized carbons (Fsp3) is 0.267. The number of aliphatic imine (C=N–C) groups is 1. The van der Waals surface area contributed by atoms with E-state index in [1.54, 1.807) is 19.2 Å². The number of hydrogen-bond acceptors (Lipinski definition) is 3. The number of hydrogen-bond donors (Lipinski definition) is 2. The van der Waals surface area contributed by atoms with E-state index in [0.717, 1.165) is 18.7 Å². The van der Waals surface area contributed by atoms with Crippen molar-refractivity contribution in [3.63, 3.8) is 0 Å². The molecule has 0 aliphatic carbocycles. The first-order valence-electron chi connectivity index (χ1n) is 6.97. The average molecular weight is 429 g/mol. The molecule has 0 fully saturated rings. The molecule has 0 aliphatic rings. The predicted octanol–water partition coefficient (Wildman–Crippen LogP) is 2.38. The van der Waals surface area contributed by atoms with E-state index < -0.39 is 4.92 Å². The second-order valence-electron chi connectivity index (χ2n) is 4.70. The molecule has 1 aromatic carbocycles. The molecule has 23 heavy (non-hydrogen) atoms. The molecule has 0 bridgehead atoms. The first-order chi connectivity index (χ1) is 10.7. The van der Waals surface area contributed by atoms with Crippen molar-refractivity contribution in [1.29, 1.82) is 0 Å². The zero-order chi connectivity index (χ0) is 15.8. The second-order valence-corrected chi connectivity index (χ2v) is 4.70. The van der Waals surface area contributed by atoms with Gasteiger partial charge in [-0.2, -0.15) is 0 Å². The number of halogens is 1. The average Bonchev–Trinajstić information content (AvgIpc) is 3.04. The van der Waals surface area contributed by atoms with Gasteiger partial charge >= 0.3 is 0 Å².